The normalized spacial score (nSPS) is 10.5. The van der Waals surface area contributed by atoms with Gasteiger partial charge in [-0.05, 0) is 0 Å². The number of hydrogen-bond acceptors (Lipinski definition) is 5. The minimum Gasteiger partial charge on any atom is -0.340 e. The lowest BCUT2D eigenvalue weighted by molar-refractivity contribution is -0.116. The molecule has 0 unspecified atom stereocenters. The standard InChI is InChI=1S/C8H10N6O/c9-2-1-5(15)14-8-6-7(11-3-10-6)12-4-13-8/h3-4H,1-2,9H2,(H2,10,11,12,13,14,15). The van der Waals surface area contributed by atoms with Gasteiger partial charge in [0.15, 0.2) is 11.5 Å². The van der Waals surface area contributed by atoms with E-state index in [1.807, 2.05) is 0 Å². The number of carbonyl (C=O) groups is 1. The molecule has 0 bridgehead atoms. The zero-order valence-electron chi connectivity index (χ0n) is 7.90. The first-order valence-corrected chi connectivity index (χ1v) is 4.45. The van der Waals surface area contributed by atoms with E-state index in [0.29, 0.717) is 23.5 Å². The molecule has 4 N–H and O–H groups in total. The molecule has 0 aliphatic carbocycles. The number of amides is 1. The van der Waals surface area contributed by atoms with Crippen molar-refractivity contribution < 1.29 is 4.79 Å². The van der Waals surface area contributed by atoms with Crippen LogP contribution < -0.4 is 11.1 Å². The average molecular weight is 206 g/mol. The minimum atomic E-state index is -0.174. The highest BCUT2D eigenvalue weighted by molar-refractivity contribution is 5.96. The van der Waals surface area contributed by atoms with Gasteiger partial charge < -0.3 is 16.0 Å². The van der Waals surface area contributed by atoms with Crippen LogP contribution in [0, 0.1) is 0 Å². The van der Waals surface area contributed by atoms with Crippen LogP contribution in [0.15, 0.2) is 12.7 Å². The van der Waals surface area contributed by atoms with Crippen molar-refractivity contribution in [2.45, 2.75) is 6.42 Å². The molecule has 2 aromatic rings. The number of hydrogen-bond donors (Lipinski definition) is 3. The molecule has 0 aromatic carbocycles. The zero-order chi connectivity index (χ0) is 10.7. The highest BCUT2D eigenvalue weighted by Crippen LogP contribution is 2.14. The van der Waals surface area contributed by atoms with E-state index >= 15 is 0 Å². The summed E-state index contributed by atoms with van der Waals surface area (Å²) in [5.74, 6) is 0.253. The molecule has 0 spiro atoms. The summed E-state index contributed by atoms with van der Waals surface area (Å²) in [5.41, 5.74) is 6.40. The van der Waals surface area contributed by atoms with Gasteiger partial charge in [0.2, 0.25) is 5.91 Å². The maximum absolute atomic E-state index is 11.3. The molecule has 0 saturated heterocycles. The first-order valence-electron chi connectivity index (χ1n) is 4.45. The number of imidazole rings is 1. The van der Waals surface area contributed by atoms with E-state index in [-0.39, 0.29) is 12.3 Å². The van der Waals surface area contributed by atoms with Crippen LogP contribution in [0.3, 0.4) is 0 Å². The Morgan fingerprint density at radius 2 is 2.33 bits per heavy atom. The summed E-state index contributed by atoms with van der Waals surface area (Å²) in [6.45, 7) is 0.309. The largest absolute Gasteiger partial charge is 0.340 e. The molecule has 0 saturated carbocycles. The first-order chi connectivity index (χ1) is 7.31. The second kappa shape index (κ2) is 4.01. The fraction of sp³-hybridized carbons (Fsp3) is 0.250. The quantitative estimate of drug-likeness (QED) is 0.635. The molecule has 78 valence electrons. The molecule has 0 fully saturated rings. The maximum Gasteiger partial charge on any atom is 0.226 e. The van der Waals surface area contributed by atoms with Crippen molar-refractivity contribution in [3.63, 3.8) is 0 Å². The van der Waals surface area contributed by atoms with Crippen LogP contribution in [0.2, 0.25) is 0 Å². The lowest BCUT2D eigenvalue weighted by Crippen LogP contribution is -2.17. The molecule has 7 heteroatoms. The molecule has 0 radical (unpaired) electrons. The van der Waals surface area contributed by atoms with Gasteiger partial charge in [-0.2, -0.15) is 0 Å². The number of H-pyrrole nitrogens is 1. The fourth-order valence-corrected chi connectivity index (χ4v) is 1.19. The van der Waals surface area contributed by atoms with Crippen LogP contribution in [-0.2, 0) is 4.79 Å². The summed E-state index contributed by atoms with van der Waals surface area (Å²) in [7, 11) is 0. The average Bonchev–Trinajstić information content (AvgIpc) is 2.67. The minimum absolute atomic E-state index is 0.174. The Balaban J connectivity index is 2.27. The van der Waals surface area contributed by atoms with Crippen molar-refractivity contribution >= 4 is 22.9 Å². The van der Waals surface area contributed by atoms with Gasteiger partial charge in [0, 0.05) is 13.0 Å². The Labute approximate surface area is 85.1 Å². The molecular weight excluding hydrogens is 196 g/mol. The monoisotopic (exact) mass is 206 g/mol. The number of aromatic amines is 1. The number of nitrogens with two attached hydrogens (primary N) is 1. The van der Waals surface area contributed by atoms with Crippen LogP contribution >= 0.6 is 0 Å². The van der Waals surface area contributed by atoms with E-state index in [4.69, 9.17) is 5.73 Å². The molecule has 0 aliphatic rings. The van der Waals surface area contributed by atoms with Crippen molar-refractivity contribution in [3.8, 4) is 0 Å². The Hall–Kier alpha value is -2.02. The molecule has 2 aromatic heterocycles. The van der Waals surface area contributed by atoms with Crippen LogP contribution in [0.1, 0.15) is 6.42 Å². The van der Waals surface area contributed by atoms with E-state index in [0.717, 1.165) is 0 Å². The van der Waals surface area contributed by atoms with Gasteiger partial charge in [-0.25, -0.2) is 15.0 Å². The zero-order valence-corrected chi connectivity index (χ0v) is 7.90. The summed E-state index contributed by atoms with van der Waals surface area (Å²) in [4.78, 5) is 26.0. The molecule has 2 heterocycles. The van der Waals surface area contributed by atoms with Gasteiger partial charge in [0.25, 0.3) is 0 Å². The summed E-state index contributed by atoms with van der Waals surface area (Å²) in [6.07, 6.45) is 3.11. The number of fused-ring (bicyclic) bond motifs is 1. The first kappa shape index (κ1) is 9.53. The van der Waals surface area contributed by atoms with Gasteiger partial charge >= 0.3 is 0 Å². The van der Waals surface area contributed by atoms with Crippen molar-refractivity contribution in [2.75, 3.05) is 11.9 Å². The number of anilines is 1. The Bertz CT molecular complexity index is 479. The van der Waals surface area contributed by atoms with Crippen LogP contribution in [0.4, 0.5) is 5.82 Å². The second-order valence-corrected chi connectivity index (χ2v) is 2.91. The fourth-order valence-electron chi connectivity index (χ4n) is 1.19. The third-order valence-electron chi connectivity index (χ3n) is 1.85. The highest BCUT2D eigenvalue weighted by atomic mass is 16.1. The smallest absolute Gasteiger partial charge is 0.226 e. The highest BCUT2D eigenvalue weighted by Gasteiger charge is 2.08. The Morgan fingerprint density at radius 1 is 1.47 bits per heavy atom. The lowest BCUT2D eigenvalue weighted by Gasteiger charge is -2.02. The third-order valence-corrected chi connectivity index (χ3v) is 1.85. The second-order valence-electron chi connectivity index (χ2n) is 2.91. The number of rotatable bonds is 3. The van der Waals surface area contributed by atoms with Crippen LogP contribution in [-0.4, -0.2) is 32.4 Å². The molecular formula is C8H10N6O. The van der Waals surface area contributed by atoms with Gasteiger partial charge in [-0.1, -0.05) is 0 Å². The van der Waals surface area contributed by atoms with Gasteiger partial charge in [-0.3, -0.25) is 4.79 Å². The Morgan fingerprint density at radius 3 is 3.13 bits per heavy atom. The van der Waals surface area contributed by atoms with Crippen LogP contribution in [0.5, 0.6) is 0 Å². The van der Waals surface area contributed by atoms with E-state index in [1.54, 1.807) is 0 Å². The summed E-state index contributed by atoms with van der Waals surface area (Å²) in [5, 5.41) is 2.63. The summed E-state index contributed by atoms with van der Waals surface area (Å²) < 4.78 is 0. The predicted octanol–water partition coefficient (Wildman–Crippen LogP) is -0.360. The van der Waals surface area contributed by atoms with E-state index in [2.05, 4.69) is 25.3 Å². The lowest BCUT2D eigenvalue weighted by atomic mass is 10.4. The van der Waals surface area contributed by atoms with Gasteiger partial charge in [-0.15, -0.1) is 0 Å². The number of nitrogens with zero attached hydrogens (tertiary/aromatic N) is 3. The molecule has 7 nitrogen and oxygen atoms in total. The molecule has 1 amide bonds. The molecule has 0 atom stereocenters. The maximum atomic E-state index is 11.3. The Kier molecular flexibility index (Phi) is 2.55. The van der Waals surface area contributed by atoms with Crippen molar-refractivity contribution in [1.29, 1.82) is 0 Å². The molecule has 0 aliphatic heterocycles. The third kappa shape index (κ3) is 1.91. The van der Waals surface area contributed by atoms with E-state index in [1.165, 1.54) is 12.7 Å². The number of aromatic nitrogens is 4. The number of carbonyl (C=O) groups excluding carboxylic acids is 1. The van der Waals surface area contributed by atoms with Crippen molar-refractivity contribution in [1.82, 2.24) is 19.9 Å². The number of nitrogens with one attached hydrogen (secondary N) is 2. The van der Waals surface area contributed by atoms with Gasteiger partial charge in [0.05, 0.1) is 6.33 Å². The topological polar surface area (TPSA) is 110 Å². The predicted molar refractivity (Wildman–Crippen MR) is 54.0 cm³/mol. The van der Waals surface area contributed by atoms with Crippen molar-refractivity contribution in [3.05, 3.63) is 12.7 Å². The van der Waals surface area contributed by atoms with E-state index in [9.17, 15) is 4.79 Å². The van der Waals surface area contributed by atoms with E-state index < -0.39 is 0 Å². The molecule has 2 rings (SSSR count). The SMILES string of the molecule is NCCC(=O)Nc1ncnc2nc[nH]c12. The van der Waals surface area contributed by atoms with Gasteiger partial charge in [0.1, 0.15) is 11.8 Å². The summed E-state index contributed by atoms with van der Waals surface area (Å²) in [6, 6.07) is 0. The van der Waals surface area contributed by atoms with Crippen molar-refractivity contribution in [2.24, 2.45) is 5.73 Å². The summed E-state index contributed by atoms with van der Waals surface area (Å²) >= 11 is 0. The van der Waals surface area contributed by atoms with Crippen LogP contribution in [0.25, 0.3) is 11.2 Å². The molecule has 15 heavy (non-hydrogen) atoms.